The van der Waals surface area contributed by atoms with Gasteiger partial charge in [0, 0.05) is 25.6 Å². The Morgan fingerprint density at radius 1 is 1.40 bits per heavy atom. The number of nitrogens with zero attached hydrogens (tertiary/aromatic N) is 3. The first kappa shape index (κ1) is 12.9. The number of H-pyrrole nitrogens is 1. The van der Waals surface area contributed by atoms with Gasteiger partial charge in [0.1, 0.15) is 11.6 Å². The number of anilines is 1. The van der Waals surface area contributed by atoms with Gasteiger partial charge < -0.3 is 15.4 Å². The summed E-state index contributed by atoms with van der Waals surface area (Å²) in [6.07, 6.45) is 1.74. The second-order valence-electron chi connectivity index (χ2n) is 5.10. The van der Waals surface area contributed by atoms with Crippen LogP contribution in [0.2, 0.25) is 0 Å². The average Bonchev–Trinajstić information content (AvgIpc) is 3.09. The molecule has 3 rings (SSSR count). The van der Waals surface area contributed by atoms with Gasteiger partial charge in [0.25, 0.3) is 0 Å². The molecule has 0 saturated carbocycles. The standard InChI is InChI=1S/C14H19N5O/c1-20-12-4-2-10(3-5-12)8-13-16-14(18-17-13)19-7-6-11(15)9-19/h2-5,11H,6-9,15H2,1H3,(H,16,17,18). The van der Waals surface area contributed by atoms with Crippen LogP contribution in [0.3, 0.4) is 0 Å². The van der Waals surface area contributed by atoms with Gasteiger partial charge in [-0.1, -0.05) is 12.1 Å². The van der Waals surface area contributed by atoms with E-state index in [9.17, 15) is 0 Å². The molecule has 0 radical (unpaired) electrons. The normalized spacial score (nSPS) is 18.5. The Balaban J connectivity index is 1.67. The molecule has 1 atom stereocenters. The number of nitrogens with two attached hydrogens (primary N) is 1. The van der Waals surface area contributed by atoms with Gasteiger partial charge >= 0.3 is 0 Å². The molecular formula is C14H19N5O. The average molecular weight is 273 g/mol. The summed E-state index contributed by atoms with van der Waals surface area (Å²) in [7, 11) is 1.67. The number of benzene rings is 1. The van der Waals surface area contributed by atoms with Crippen LogP contribution in [0.25, 0.3) is 0 Å². The van der Waals surface area contributed by atoms with Crippen LogP contribution in [0.4, 0.5) is 5.95 Å². The Morgan fingerprint density at radius 3 is 2.85 bits per heavy atom. The number of hydrogen-bond acceptors (Lipinski definition) is 5. The number of hydrogen-bond donors (Lipinski definition) is 2. The van der Waals surface area contributed by atoms with Crippen molar-refractivity contribution in [2.75, 3.05) is 25.1 Å². The van der Waals surface area contributed by atoms with Crippen LogP contribution in [0, 0.1) is 0 Å². The Bertz CT molecular complexity index is 565. The molecule has 2 heterocycles. The van der Waals surface area contributed by atoms with Crippen LogP contribution in [0.1, 0.15) is 17.8 Å². The number of aromatic amines is 1. The Kier molecular flexibility index (Phi) is 3.56. The van der Waals surface area contributed by atoms with Crippen molar-refractivity contribution in [2.24, 2.45) is 5.73 Å². The summed E-state index contributed by atoms with van der Waals surface area (Å²) in [5.74, 6) is 2.48. The lowest BCUT2D eigenvalue weighted by Gasteiger charge is -2.11. The molecule has 1 aromatic heterocycles. The highest BCUT2D eigenvalue weighted by atomic mass is 16.5. The molecule has 20 heavy (non-hydrogen) atoms. The molecule has 1 aliphatic rings. The number of aromatic nitrogens is 3. The third kappa shape index (κ3) is 2.75. The quantitative estimate of drug-likeness (QED) is 0.866. The number of nitrogens with one attached hydrogen (secondary N) is 1. The zero-order chi connectivity index (χ0) is 13.9. The first-order chi connectivity index (χ1) is 9.74. The monoisotopic (exact) mass is 273 g/mol. The van der Waals surface area contributed by atoms with E-state index in [1.54, 1.807) is 7.11 Å². The van der Waals surface area contributed by atoms with Gasteiger partial charge in [-0.2, -0.15) is 4.98 Å². The molecule has 6 heteroatoms. The molecule has 1 unspecified atom stereocenters. The predicted octanol–water partition coefficient (Wildman–Crippen LogP) is 0.941. The fourth-order valence-electron chi connectivity index (χ4n) is 2.41. The zero-order valence-electron chi connectivity index (χ0n) is 11.5. The summed E-state index contributed by atoms with van der Waals surface area (Å²) in [5, 5.41) is 7.27. The van der Waals surface area contributed by atoms with Gasteiger partial charge in [0.15, 0.2) is 0 Å². The molecule has 106 valence electrons. The van der Waals surface area contributed by atoms with Gasteiger partial charge in [-0.25, -0.2) is 0 Å². The van der Waals surface area contributed by atoms with Gasteiger partial charge in [0.2, 0.25) is 5.95 Å². The second-order valence-corrected chi connectivity index (χ2v) is 5.10. The van der Waals surface area contributed by atoms with Gasteiger partial charge in [0.05, 0.1) is 7.11 Å². The van der Waals surface area contributed by atoms with Crippen LogP contribution in [0.5, 0.6) is 5.75 Å². The van der Waals surface area contributed by atoms with Crippen molar-refractivity contribution < 1.29 is 4.74 Å². The first-order valence-corrected chi connectivity index (χ1v) is 6.79. The molecule has 1 saturated heterocycles. The van der Waals surface area contributed by atoms with Crippen LogP contribution >= 0.6 is 0 Å². The van der Waals surface area contributed by atoms with Crippen molar-refractivity contribution in [1.29, 1.82) is 0 Å². The summed E-state index contributed by atoms with van der Waals surface area (Å²) in [6.45, 7) is 1.76. The molecule has 0 aliphatic carbocycles. The van der Waals surface area contributed by atoms with Gasteiger partial charge in [-0.15, -0.1) is 5.10 Å². The van der Waals surface area contributed by atoms with E-state index in [1.807, 2.05) is 24.3 Å². The van der Waals surface area contributed by atoms with Crippen molar-refractivity contribution in [3.05, 3.63) is 35.7 Å². The van der Waals surface area contributed by atoms with Crippen LogP contribution < -0.4 is 15.4 Å². The summed E-state index contributed by atoms with van der Waals surface area (Å²) < 4.78 is 5.15. The number of rotatable bonds is 4. The summed E-state index contributed by atoms with van der Waals surface area (Å²) >= 11 is 0. The van der Waals surface area contributed by atoms with E-state index in [4.69, 9.17) is 10.5 Å². The smallest absolute Gasteiger partial charge is 0.244 e. The maximum atomic E-state index is 5.90. The van der Waals surface area contributed by atoms with Gasteiger partial charge in [-0.05, 0) is 24.1 Å². The Morgan fingerprint density at radius 2 is 2.20 bits per heavy atom. The minimum absolute atomic E-state index is 0.235. The molecule has 1 fully saturated rings. The summed E-state index contributed by atoms with van der Waals surface area (Å²) in [5.41, 5.74) is 7.07. The molecule has 6 nitrogen and oxygen atoms in total. The highest BCUT2D eigenvalue weighted by molar-refractivity contribution is 5.33. The van der Waals surface area contributed by atoms with E-state index in [0.717, 1.165) is 43.5 Å². The van der Waals surface area contributed by atoms with Crippen molar-refractivity contribution >= 4 is 5.95 Å². The van der Waals surface area contributed by atoms with E-state index in [2.05, 4.69) is 20.1 Å². The van der Waals surface area contributed by atoms with Crippen LogP contribution in [-0.4, -0.2) is 41.4 Å². The highest BCUT2D eigenvalue weighted by Crippen LogP contribution is 2.17. The zero-order valence-corrected chi connectivity index (χ0v) is 11.5. The molecule has 0 bridgehead atoms. The topological polar surface area (TPSA) is 80.1 Å². The summed E-state index contributed by atoms with van der Waals surface area (Å²) in [6, 6.07) is 8.20. The van der Waals surface area contributed by atoms with E-state index in [0.29, 0.717) is 0 Å². The molecule has 1 aromatic carbocycles. The molecule has 0 spiro atoms. The molecule has 2 aromatic rings. The maximum Gasteiger partial charge on any atom is 0.244 e. The number of methoxy groups -OCH3 is 1. The molecule has 1 aliphatic heterocycles. The Labute approximate surface area is 118 Å². The third-order valence-corrected chi connectivity index (χ3v) is 3.56. The molecular weight excluding hydrogens is 254 g/mol. The molecule has 3 N–H and O–H groups in total. The van der Waals surface area contributed by atoms with E-state index in [1.165, 1.54) is 5.56 Å². The van der Waals surface area contributed by atoms with Crippen molar-refractivity contribution in [1.82, 2.24) is 15.2 Å². The SMILES string of the molecule is COc1ccc(Cc2nc(N3CCC(N)C3)n[nH]2)cc1. The van der Waals surface area contributed by atoms with Crippen molar-refractivity contribution in [3.8, 4) is 5.75 Å². The maximum absolute atomic E-state index is 5.90. The minimum atomic E-state index is 0.235. The number of ether oxygens (including phenoxy) is 1. The minimum Gasteiger partial charge on any atom is -0.497 e. The Hall–Kier alpha value is -2.08. The predicted molar refractivity (Wildman–Crippen MR) is 77.0 cm³/mol. The fraction of sp³-hybridized carbons (Fsp3) is 0.429. The van der Waals surface area contributed by atoms with Crippen LogP contribution in [-0.2, 0) is 6.42 Å². The van der Waals surface area contributed by atoms with Crippen LogP contribution in [0.15, 0.2) is 24.3 Å². The van der Waals surface area contributed by atoms with E-state index >= 15 is 0 Å². The first-order valence-electron chi connectivity index (χ1n) is 6.79. The van der Waals surface area contributed by atoms with E-state index in [-0.39, 0.29) is 6.04 Å². The second kappa shape index (κ2) is 5.50. The third-order valence-electron chi connectivity index (χ3n) is 3.56. The van der Waals surface area contributed by atoms with Crippen molar-refractivity contribution in [3.63, 3.8) is 0 Å². The lowest BCUT2D eigenvalue weighted by atomic mass is 10.1. The van der Waals surface area contributed by atoms with E-state index < -0.39 is 0 Å². The van der Waals surface area contributed by atoms with Crippen molar-refractivity contribution in [2.45, 2.75) is 18.9 Å². The largest absolute Gasteiger partial charge is 0.497 e. The summed E-state index contributed by atoms with van der Waals surface area (Å²) in [4.78, 5) is 6.66. The van der Waals surface area contributed by atoms with Gasteiger partial charge in [-0.3, -0.25) is 5.10 Å². The highest BCUT2D eigenvalue weighted by Gasteiger charge is 2.22. The molecule has 0 amide bonds. The fourth-order valence-corrected chi connectivity index (χ4v) is 2.41. The lowest BCUT2D eigenvalue weighted by molar-refractivity contribution is 0.414. The lowest BCUT2D eigenvalue weighted by Crippen LogP contribution is -2.27.